The Hall–Kier alpha value is -1.37. The summed E-state index contributed by atoms with van der Waals surface area (Å²) in [5, 5.41) is 10.2. The highest BCUT2D eigenvalue weighted by Gasteiger charge is 2.90. The molecule has 1 atom stereocenters. The first kappa shape index (κ1) is 21.6. The highest BCUT2D eigenvalue weighted by Crippen LogP contribution is 2.60. The number of hydrogen-bond acceptors (Lipinski definition) is 2. The van der Waals surface area contributed by atoms with E-state index < -0.39 is 47.9 Å². The van der Waals surface area contributed by atoms with Crippen LogP contribution in [0.2, 0.25) is 0 Å². The number of carbonyl (C=O) groups excluding carboxylic acids is 1. The van der Waals surface area contributed by atoms with Gasteiger partial charge in [0.1, 0.15) is 0 Å². The lowest BCUT2D eigenvalue weighted by atomic mass is 9.85. The molecule has 0 aliphatic rings. The smallest absolute Gasteiger partial charge is 0.460 e. The van der Waals surface area contributed by atoms with Gasteiger partial charge in [0.15, 0.2) is 0 Å². The van der Waals surface area contributed by atoms with E-state index in [4.69, 9.17) is 0 Å². The average Bonchev–Trinajstić information content (AvgIpc) is 2.34. The van der Waals surface area contributed by atoms with Gasteiger partial charge in [-0.05, 0) is 6.42 Å². The molecule has 0 radical (unpaired) electrons. The molecule has 0 amide bonds. The number of hydrogen-bond donors (Lipinski definition) is 0. The van der Waals surface area contributed by atoms with E-state index in [2.05, 4.69) is 0 Å². The third-order valence-corrected chi connectivity index (χ3v) is 2.85. The summed E-state index contributed by atoms with van der Waals surface area (Å²) in [5.74, 6) is -34.2. The number of halogens is 12. The van der Waals surface area contributed by atoms with Gasteiger partial charge in [0.25, 0.3) is 0 Å². The van der Waals surface area contributed by atoms with E-state index in [-0.39, 0.29) is 6.92 Å². The van der Waals surface area contributed by atoms with Crippen LogP contribution in [0, 0.1) is 0 Å². The van der Waals surface area contributed by atoms with Crippen molar-refractivity contribution in [3.63, 3.8) is 0 Å². The maximum absolute atomic E-state index is 13.4. The predicted molar refractivity (Wildman–Crippen MR) is 45.0 cm³/mol. The zero-order valence-electron chi connectivity index (χ0n) is 10.6. The van der Waals surface area contributed by atoms with Crippen LogP contribution < -0.4 is 5.11 Å². The molecule has 0 saturated heterocycles. The van der Waals surface area contributed by atoms with Crippen LogP contribution in [-0.2, 0) is 4.79 Å². The molecule has 0 heterocycles. The Bertz CT molecular complexity index is 468. The van der Waals surface area contributed by atoms with Crippen molar-refractivity contribution in [1.29, 1.82) is 0 Å². The van der Waals surface area contributed by atoms with Gasteiger partial charge in [-0.25, -0.2) is 4.39 Å². The van der Waals surface area contributed by atoms with E-state index in [9.17, 15) is 62.6 Å². The summed E-state index contributed by atoms with van der Waals surface area (Å²) in [6.07, 6.45) is -9.60. The van der Waals surface area contributed by atoms with Gasteiger partial charge in [-0.2, -0.15) is 48.3 Å². The second kappa shape index (κ2) is 5.33. The topological polar surface area (TPSA) is 40.1 Å². The first-order valence-electron chi connectivity index (χ1n) is 5.24. The van der Waals surface area contributed by atoms with Gasteiger partial charge in [0.05, 0.1) is 5.97 Å². The first-order chi connectivity index (χ1) is 9.75. The largest absolute Gasteiger partial charge is 0.546 e. The van der Waals surface area contributed by atoms with Crippen molar-refractivity contribution < 1.29 is 62.6 Å². The summed E-state index contributed by atoms with van der Waals surface area (Å²) >= 11 is 0. The molecule has 0 aliphatic heterocycles. The van der Waals surface area contributed by atoms with Crippen LogP contribution in [0.4, 0.5) is 52.7 Å². The summed E-state index contributed by atoms with van der Waals surface area (Å²) in [6, 6.07) is 0. The van der Waals surface area contributed by atoms with Gasteiger partial charge in [-0.1, -0.05) is 6.92 Å². The van der Waals surface area contributed by atoms with Gasteiger partial charge >= 0.3 is 29.9 Å². The van der Waals surface area contributed by atoms with E-state index in [1.807, 2.05) is 0 Å². The van der Waals surface area contributed by atoms with E-state index >= 15 is 0 Å². The summed E-state index contributed by atoms with van der Waals surface area (Å²) < 4.78 is 152. The molecule has 0 fully saturated rings. The molecule has 0 aliphatic carbocycles. The maximum Gasteiger partial charge on any atom is 0.460 e. The monoisotopic (exact) mass is 373 g/mol. The quantitative estimate of drug-likeness (QED) is 0.672. The molecule has 0 saturated carbocycles. The second-order valence-corrected chi connectivity index (χ2v) is 4.24. The van der Waals surface area contributed by atoms with Crippen LogP contribution >= 0.6 is 0 Å². The van der Waals surface area contributed by atoms with Gasteiger partial charge in [-0.15, -0.1) is 0 Å². The standard InChI is InChI=1S/C9H6F12O2/c1-2-4(10,3(22)23)5(11,12)6(13,14)7(15,16)8(17,18)9(19,20)21/h2H2,1H3,(H,22,23)/p-1. The summed E-state index contributed by atoms with van der Waals surface area (Å²) in [4.78, 5) is 10.2. The molecule has 0 N–H and O–H groups in total. The molecule has 138 valence electrons. The Morgan fingerprint density at radius 2 is 1.00 bits per heavy atom. The normalized spacial score (nSPS) is 17.8. The molecular formula is C9H5F12O2-. The van der Waals surface area contributed by atoms with Crippen LogP contribution in [0.25, 0.3) is 0 Å². The predicted octanol–water partition coefficient (Wildman–Crippen LogP) is 2.96. The molecule has 0 aromatic rings. The number of carboxylic acid groups (broad SMARTS) is 1. The molecule has 0 aromatic heterocycles. The SMILES string of the molecule is CCC(F)(C(=O)[O-])C(F)(F)C(F)(F)C(F)(F)C(F)(F)C(F)(F)F. The molecule has 0 spiro atoms. The van der Waals surface area contributed by atoms with Gasteiger partial charge in [0.2, 0.25) is 5.67 Å². The van der Waals surface area contributed by atoms with Crippen molar-refractivity contribution in [2.24, 2.45) is 0 Å². The van der Waals surface area contributed by atoms with Crippen molar-refractivity contribution in [1.82, 2.24) is 0 Å². The maximum atomic E-state index is 13.4. The summed E-state index contributed by atoms with van der Waals surface area (Å²) in [6.45, 7) is 0.111. The molecule has 2 nitrogen and oxygen atoms in total. The number of rotatable bonds is 6. The lowest BCUT2D eigenvalue weighted by Gasteiger charge is -2.42. The van der Waals surface area contributed by atoms with E-state index in [0.29, 0.717) is 0 Å². The Labute approximate surface area is 119 Å². The Morgan fingerprint density at radius 3 is 1.22 bits per heavy atom. The molecule has 0 bridgehead atoms. The van der Waals surface area contributed by atoms with Gasteiger partial charge in [0, 0.05) is 0 Å². The number of carbonyl (C=O) groups is 1. The fraction of sp³-hybridized carbons (Fsp3) is 0.889. The van der Waals surface area contributed by atoms with Crippen molar-refractivity contribution in [2.45, 2.75) is 48.9 Å². The van der Waals surface area contributed by atoms with Crippen molar-refractivity contribution in [2.75, 3.05) is 0 Å². The van der Waals surface area contributed by atoms with Gasteiger partial charge < -0.3 is 9.90 Å². The summed E-state index contributed by atoms with van der Waals surface area (Å²) in [7, 11) is 0. The summed E-state index contributed by atoms with van der Waals surface area (Å²) in [5.41, 5.74) is -5.64. The van der Waals surface area contributed by atoms with Crippen LogP contribution in [0.1, 0.15) is 13.3 Å². The van der Waals surface area contributed by atoms with Crippen LogP contribution in [0.5, 0.6) is 0 Å². The zero-order valence-corrected chi connectivity index (χ0v) is 10.6. The van der Waals surface area contributed by atoms with Crippen LogP contribution in [0.15, 0.2) is 0 Å². The van der Waals surface area contributed by atoms with Crippen molar-refractivity contribution in [3.05, 3.63) is 0 Å². The van der Waals surface area contributed by atoms with Gasteiger partial charge in [-0.3, -0.25) is 0 Å². The number of carboxylic acids is 1. The first-order valence-corrected chi connectivity index (χ1v) is 5.24. The fourth-order valence-corrected chi connectivity index (χ4v) is 1.32. The minimum Gasteiger partial charge on any atom is -0.546 e. The third kappa shape index (κ3) is 2.58. The molecular weight excluding hydrogens is 368 g/mol. The van der Waals surface area contributed by atoms with E-state index in [1.165, 1.54) is 0 Å². The molecule has 0 rings (SSSR count). The molecule has 14 heteroatoms. The second-order valence-electron chi connectivity index (χ2n) is 4.24. The average molecular weight is 373 g/mol. The molecule has 23 heavy (non-hydrogen) atoms. The molecule has 1 unspecified atom stereocenters. The minimum atomic E-state index is -7.87. The highest BCUT2D eigenvalue weighted by molar-refractivity contribution is 5.77. The Kier molecular flexibility index (Phi) is 5.01. The Balaban J connectivity index is 6.41. The lowest BCUT2D eigenvalue weighted by Crippen LogP contribution is -2.73. The zero-order chi connectivity index (χ0) is 19.3. The highest BCUT2D eigenvalue weighted by atomic mass is 19.4. The van der Waals surface area contributed by atoms with Crippen molar-refractivity contribution in [3.8, 4) is 0 Å². The minimum absolute atomic E-state index is 0.111. The fourth-order valence-electron chi connectivity index (χ4n) is 1.32. The molecule has 0 aromatic carbocycles. The van der Waals surface area contributed by atoms with Crippen LogP contribution in [-0.4, -0.2) is 41.5 Å². The van der Waals surface area contributed by atoms with Crippen molar-refractivity contribution >= 4 is 5.97 Å². The van der Waals surface area contributed by atoms with E-state index in [0.717, 1.165) is 0 Å². The Morgan fingerprint density at radius 1 is 0.696 bits per heavy atom. The lowest BCUT2D eigenvalue weighted by molar-refractivity contribution is -0.435. The van der Waals surface area contributed by atoms with E-state index in [1.54, 1.807) is 0 Å². The third-order valence-electron chi connectivity index (χ3n) is 2.85. The number of aliphatic carboxylic acids is 1. The van der Waals surface area contributed by atoms with Crippen LogP contribution in [0.3, 0.4) is 0 Å². The number of alkyl halides is 12.